The Morgan fingerprint density at radius 2 is 2.00 bits per heavy atom. The first-order valence-corrected chi connectivity index (χ1v) is 5.85. The van der Waals surface area contributed by atoms with Crippen LogP contribution in [-0.4, -0.2) is 10.6 Å². The molecule has 0 aliphatic carbocycles. The van der Waals surface area contributed by atoms with E-state index in [1.807, 2.05) is 0 Å². The van der Waals surface area contributed by atoms with Gasteiger partial charge in [-0.25, -0.2) is 0 Å². The number of nitriles is 2. The first-order chi connectivity index (χ1) is 8.49. The van der Waals surface area contributed by atoms with Crippen LogP contribution in [0.2, 0.25) is 0 Å². The van der Waals surface area contributed by atoms with Gasteiger partial charge in [0.15, 0.2) is 0 Å². The molecular weight excluding hydrogens is 370 g/mol. The molecular formula is C9H3Br2N5O2. The summed E-state index contributed by atoms with van der Waals surface area (Å²) in [6.45, 7) is 0. The van der Waals surface area contributed by atoms with Crippen LogP contribution in [0.3, 0.4) is 0 Å². The van der Waals surface area contributed by atoms with Crippen LogP contribution in [0.4, 0.5) is 11.4 Å². The molecule has 18 heavy (non-hydrogen) atoms. The Bertz CT molecular complexity index is 599. The zero-order valence-corrected chi connectivity index (χ0v) is 11.7. The fourth-order valence-corrected chi connectivity index (χ4v) is 2.29. The number of benzene rings is 1. The van der Waals surface area contributed by atoms with Crippen LogP contribution >= 0.6 is 31.9 Å². The summed E-state index contributed by atoms with van der Waals surface area (Å²) in [5.74, 6) is 0. The number of nitro groups is 1. The van der Waals surface area contributed by atoms with E-state index in [0.717, 1.165) is 0 Å². The number of hydrogen-bond donors (Lipinski definition) is 1. The van der Waals surface area contributed by atoms with Crippen LogP contribution in [0, 0.1) is 32.8 Å². The third-order valence-electron chi connectivity index (χ3n) is 1.72. The number of nitrogens with zero attached hydrogens (tertiary/aromatic N) is 4. The van der Waals surface area contributed by atoms with Gasteiger partial charge in [-0.15, -0.1) is 0 Å². The average molecular weight is 373 g/mol. The van der Waals surface area contributed by atoms with Crippen molar-refractivity contribution in [3.8, 4) is 12.1 Å². The molecule has 1 aromatic rings. The number of rotatable bonds is 3. The minimum atomic E-state index is -0.605. The molecule has 0 bridgehead atoms. The summed E-state index contributed by atoms with van der Waals surface area (Å²) in [7, 11) is 0. The number of anilines is 1. The minimum absolute atomic E-state index is 0.0613. The quantitative estimate of drug-likeness (QED) is 0.497. The molecule has 0 aliphatic rings. The fraction of sp³-hybridized carbons (Fsp3) is 0. The molecule has 0 saturated heterocycles. The molecule has 1 N–H and O–H groups in total. The van der Waals surface area contributed by atoms with Crippen molar-refractivity contribution < 1.29 is 4.92 Å². The molecule has 1 rings (SSSR count). The molecule has 90 valence electrons. The molecule has 9 heteroatoms. The lowest BCUT2D eigenvalue weighted by atomic mass is 10.3. The Labute approximate surface area is 118 Å². The van der Waals surface area contributed by atoms with E-state index in [4.69, 9.17) is 10.5 Å². The second-order valence-electron chi connectivity index (χ2n) is 2.83. The molecule has 7 nitrogen and oxygen atoms in total. The van der Waals surface area contributed by atoms with E-state index in [0.29, 0.717) is 8.95 Å². The average Bonchev–Trinajstić information content (AvgIpc) is 2.31. The summed E-state index contributed by atoms with van der Waals surface area (Å²) in [6.07, 6.45) is 0. The second kappa shape index (κ2) is 6.10. The van der Waals surface area contributed by atoms with Crippen LogP contribution in [-0.2, 0) is 0 Å². The highest BCUT2D eigenvalue weighted by atomic mass is 79.9. The summed E-state index contributed by atoms with van der Waals surface area (Å²) in [6, 6.07) is 5.92. The van der Waals surface area contributed by atoms with Gasteiger partial charge in [0.2, 0.25) is 5.71 Å². The van der Waals surface area contributed by atoms with E-state index in [-0.39, 0.29) is 11.4 Å². The minimum Gasteiger partial charge on any atom is -0.269 e. The normalized spacial score (nSPS) is 8.89. The maximum absolute atomic E-state index is 10.9. The third kappa shape index (κ3) is 3.26. The Morgan fingerprint density at radius 1 is 1.39 bits per heavy atom. The molecule has 0 amide bonds. The van der Waals surface area contributed by atoms with Crippen LogP contribution in [0.5, 0.6) is 0 Å². The highest BCUT2D eigenvalue weighted by Gasteiger charge is 2.18. The Hall–Kier alpha value is -1.97. The van der Waals surface area contributed by atoms with Gasteiger partial charge in [-0.1, -0.05) is 15.9 Å². The molecule has 0 unspecified atom stereocenters. The van der Waals surface area contributed by atoms with Crippen LogP contribution in [0.15, 0.2) is 26.2 Å². The van der Waals surface area contributed by atoms with E-state index < -0.39 is 10.6 Å². The van der Waals surface area contributed by atoms with E-state index in [2.05, 4.69) is 42.4 Å². The van der Waals surface area contributed by atoms with Gasteiger partial charge in [-0.2, -0.15) is 15.6 Å². The van der Waals surface area contributed by atoms with Gasteiger partial charge in [-0.3, -0.25) is 15.5 Å². The van der Waals surface area contributed by atoms with Gasteiger partial charge >= 0.3 is 0 Å². The number of nitro benzene ring substituents is 1. The molecule has 1 aromatic carbocycles. The van der Waals surface area contributed by atoms with Crippen molar-refractivity contribution in [1.29, 1.82) is 10.5 Å². The lowest BCUT2D eigenvalue weighted by Crippen LogP contribution is -2.01. The first-order valence-electron chi connectivity index (χ1n) is 4.27. The van der Waals surface area contributed by atoms with E-state index >= 15 is 0 Å². The fourth-order valence-electron chi connectivity index (χ4n) is 1.00. The monoisotopic (exact) mass is 371 g/mol. The van der Waals surface area contributed by atoms with Crippen LogP contribution < -0.4 is 5.43 Å². The predicted molar refractivity (Wildman–Crippen MR) is 70.8 cm³/mol. The largest absolute Gasteiger partial charge is 0.296 e. The SMILES string of the molecule is N#CC(C#N)=NNc1c(Br)cc(Br)cc1[N+](=O)[O-]. The van der Waals surface area contributed by atoms with E-state index in [9.17, 15) is 10.1 Å². The van der Waals surface area contributed by atoms with Gasteiger partial charge in [-0.05, 0) is 22.0 Å². The highest BCUT2D eigenvalue weighted by Crippen LogP contribution is 2.35. The number of halogens is 2. The summed E-state index contributed by atoms with van der Waals surface area (Å²) in [4.78, 5) is 10.3. The third-order valence-corrected chi connectivity index (χ3v) is 2.81. The van der Waals surface area contributed by atoms with Crippen molar-refractivity contribution in [3.05, 3.63) is 31.2 Å². The van der Waals surface area contributed by atoms with Crippen LogP contribution in [0.1, 0.15) is 0 Å². The molecule has 0 radical (unpaired) electrons. The highest BCUT2D eigenvalue weighted by molar-refractivity contribution is 9.11. The summed E-state index contributed by atoms with van der Waals surface area (Å²) in [5, 5.41) is 31.3. The summed E-state index contributed by atoms with van der Waals surface area (Å²) >= 11 is 6.25. The van der Waals surface area contributed by atoms with Crippen molar-refractivity contribution in [2.45, 2.75) is 0 Å². The smallest absolute Gasteiger partial charge is 0.269 e. The summed E-state index contributed by atoms with van der Waals surface area (Å²) in [5.41, 5.74) is 1.72. The van der Waals surface area contributed by atoms with Crippen molar-refractivity contribution in [2.75, 3.05) is 5.43 Å². The van der Waals surface area contributed by atoms with Crippen molar-refractivity contribution in [1.82, 2.24) is 0 Å². The standard InChI is InChI=1S/C9H3Br2N5O2/c10-5-1-7(11)9(8(2-5)16(17)18)15-14-6(3-12)4-13/h1-2,15H. The Balaban J connectivity index is 3.26. The van der Waals surface area contributed by atoms with Gasteiger partial charge < -0.3 is 0 Å². The number of hydrazone groups is 1. The topological polar surface area (TPSA) is 115 Å². The number of hydrogen-bond acceptors (Lipinski definition) is 6. The van der Waals surface area contributed by atoms with Gasteiger partial charge in [0.05, 0.1) is 9.40 Å². The molecule has 0 heterocycles. The van der Waals surface area contributed by atoms with Crippen molar-refractivity contribution in [3.63, 3.8) is 0 Å². The van der Waals surface area contributed by atoms with Crippen molar-refractivity contribution in [2.24, 2.45) is 5.10 Å². The number of nitrogens with one attached hydrogen (secondary N) is 1. The molecule has 0 saturated carbocycles. The first kappa shape index (κ1) is 14.1. The Kier molecular flexibility index (Phi) is 4.77. The zero-order valence-electron chi connectivity index (χ0n) is 8.52. The van der Waals surface area contributed by atoms with Gasteiger partial charge in [0.25, 0.3) is 5.69 Å². The zero-order chi connectivity index (χ0) is 13.7. The van der Waals surface area contributed by atoms with E-state index in [1.165, 1.54) is 18.2 Å². The lowest BCUT2D eigenvalue weighted by Gasteiger charge is -2.05. The van der Waals surface area contributed by atoms with Crippen LogP contribution in [0.25, 0.3) is 0 Å². The summed E-state index contributed by atoms with van der Waals surface area (Å²) < 4.78 is 0.888. The molecule has 0 aromatic heterocycles. The van der Waals surface area contributed by atoms with Gasteiger partial charge in [0, 0.05) is 10.5 Å². The second-order valence-corrected chi connectivity index (χ2v) is 4.60. The molecule has 0 fully saturated rings. The maximum atomic E-state index is 10.9. The van der Waals surface area contributed by atoms with E-state index in [1.54, 1.807) is 6.07 Å². The van der Waals surface area contributed by atoms with Gasteiger partial charge in [0.1, 0.15) is 17.8 Å². The molecule has 0 atom stereocenters. The van der Waals surface area contributed by atoms with Crippen molar-refractivity contribution >= 4 is 48.9 Å². The molecule has 0 aliphatic heterocycles. The maximum Gasteiger partial charge on any atom is 0.296 e. The molecule has 0 spiro atoms. The predicted octanol–water partition coefficient (Wildman–Crippen LogP) is 2.93. The lowest BCUT2D eigenvalue weighted by molar-refractivity contribution is -0.384. The Morgan fingerprint density at radius 3 is 2.50 bits per heavy atom.